The number of amides is 1. The predicted molar refractivity (Wildman–Crippen MR) is 114 cm³/mol. The Balaban J connectivity index is 1.88. The fourth-order valence-electron chi connectivity index (χ4n) is 3.66. The van der Waals surface area contributed by atoms with Crippen molar-refractivity contribution in [3.63, 3.8) is 0 Å². The van der Waals surface area contributed by atoms with Gasteiger partial charge in [-0.25, -0.2) is 12.8 Å². The number of carbonyl (C=O) groups is 1. The minimum absolute atomic E-state index is 0.0196. The molecule has 1 saturated carbocycles. The van der Waals surface area contributed by atoms with Gasteiger partial charge in [-0.3, -0.25) is 9.10 Å². The molecule has 1 aliphatic carbocycles. The van der Waals surface area contributed by atoms with Gasteiger partial charge in [-0.15, -0.1) is 0 Å². The van der Waals surface area contributed by atoms with E-state index < -0.39 is 28.3 Å². The van der Waals surface area contributed by atoms with Crippen molar-refractivity contribution in [2.24, 2.45) is 0 Å². The molecule has 162 valence electrons. The third-order valence-electron chi connectivity index (χ3n) is 5.28. The van der Waals surface area contributed by atoms with E-state index in [9.17, 15) is 17.6 Å². The highest BCUT2D eigenvalue weighted by atomic mass is 32.2. The molecule has 0 unspecified atom stereocenters. The van der Waals surface area contributed by atoms with Crippen molar-refractivity contribution < 1.29 is 22.3 Å². The van der Waals surface area contributed by atoms with Gasteiger partial charge in [0.05, 0.1) is 17.7 Å². The topological polar surface area (TPSA) is 75.7 Å². The van der Waals surface area contributed by atoms with Crippen molar-refractivity contribution in [3.8, 4) is 5.75 Å². The number of hydrogen-bond acceptors (Lipinski definition) is 4. The van der Waals surface area contributed by atoms with Crippen LogP contribution in [0.3, 0.4) is 0 Å². The van der Waals surface area contributed by atoms with Crippen LogP contribution in [0.25, 0.3) is 0 Å². The SMILES string of the molecule is COc1ccc(S(=O)(=O)N(CC(=O)NC2CCCCCC2)c2ccccc2F)cc1. The highest BCUT2D eigenvalue weighted by molar-refractivity contribution is 7.92. The molecule has 0 radical (unpaired) electrons. The number of para-hydroxylation sites is 1. The maximum atomic E-state index is 14.5. The number of methoxy groups -OCH3 is 1. The van der Waals surface area contributed by atoms with Gasteiger partial charge in [-0.05, 0) is 49.2 Å². The average Bonchev–Trinajstić information content (AvgIpc) is 3.01. The zero-order chi connectivity index (χ0) is 21.6. The van der Waals surface area contributed by atoms with Crippen LogP contribution in [0.15, 0.2) is 53.4 Å². The lowest BCUT2D eigenvalue weighted by atomic mass is 10.1. The Labute approximate surface area is 177 Å². The Morgan fingerprint density at radius 3 is 2.30 bits per heavy atom. The van der Waals surface area contributed by atoms with Crippen molar-refractivity contribution in [3.05, 3.63) is 54.3 Å². The van der Waals surface area contributed by atoms with E-state index in [4.69, 9.17) is 4.74 Å². The van der Waals surface area contributed by atoms with E-state index in [1.54, 1.807) is 0 Å². The van der Waals surface area contributed by atoms with E-state index >= 15 is 0 Å². The van der Waals surface area contributed by atoms with Crippen LogP contribution >= 0.6 is 0 Å². The molecule has 0 aliphatic heterocycles. The number of nitrogens with one attached hydrogen (secondary N) is 1. The monoisotopic (exact) mass is 434 g/mol. The summed E-state index contributed by atoms with van der Waals surface area (Å²) in [5.41, 5.74) is -0.163. The van der Waals surface area contributed by atoms with E-state index in [-0.39, 0.29) is 16.6 Å². The fourth-order valence-corrected chi connectivity index (χ4v) is 5.08. The molecular weight excluding hydrogens is 407 g/mol. The summed E-state index contributed by atoms with van der Waals surface area (Å²) in [7, 11) is -2.69. The summed E-state index contributed by atoms with van der Waals surface area (Å²) in [6, 6.07) is 11.4. The standard InChI is InChI=1S/C22H27FN2O4S/c1-29-18-12-14-19(15-13-18)30(27,28)25(21-11-7-6-10-20(21)23)16-22(26)24-17-8-4-2-3-5-9-17/h6-7,10-15,17H,2-5,8-9,16H2,1H3,(H,24,26). The summed E-state index contributed by atoms with van der Waals surface area (Å²) in [4.78, 5) is 12.7. The number of hydrogen-bond donors (Lipinski definition) is 1. The zero-order valence-electron chi connectivity index (χ0n) is 17.0. The summed E-state index contributed by atoms with van der Waals surface area (Å²) in [6.07, 6.45) is 6.09. The second-order valence-corrected chi connectivity index (χ2v) is 9.26. The lowest BCUT2D eigenvalue weighted by Gasteiger charge is -2.26. The van der Waals surface area contributed by atoms with Gasteiger partial charge in [0.25, 0.3) is 10.0 Å². The number of carbonyl (C=O) groups excluding carboxylic acids is 1. The molecule has 0 bridgehead atoms. The van der Waals surface area contributed by atoms with Crippen molar-refractivity contribution in [1.29, 1.82) is 0 Å². The quantitative estimate of drug-likeness (QED) is 0.672. The molecule has 0 aromatic heterocycles. The molecule has 6 nitrogen and oxygen atoms in total. The number of benzene rings is 2. The van der Waals surface area contributed by atoms with E-state index in [0.29, 0.717) is 5.75 Å². The molecular formula is C22H27FN2O4S. The first-order valence-corrected chi connectivity index (χ1v) is 11.6. The first-order chi connectivity index (χ1) is 14.4. The summed E-state index contributed by atoms with van der Waals surface area (Å²) >= 11 is 0. The minimum atomic E-state index is -4.17. The molecule has 1 aliphatic rings. The molecule has 8 heteroatoms. The predicted octanol–water partition coefficient (Wildman–Crippen LogP) is 3.87. The van der Waals surface area contributed by atoms with Crippen molar-refractivity contribution in [1.82, 2.24) is 5.32 Å². The summed E-state index contributed by atoms with van der Waals surface area (Å²) in [5.74, 6) is -0.656. The highest BCUT2D eigenvalue weighted by Gasteiger charge is 2.30. The number of anilines is 1. The molecule has 0 spiro atoms. The van der Waals surface area contributed by atoms with Gasteiger partial charge in [0.2, 0.25) is 5.91 Å². The van der Waals surface area contributed by atoms with Crippen LogP contribution in [0, 0.1) is 5.82 Å². The lowest BCUT2D eigenvalue weighted by molar-refractivity contribution is -0.120. The minimum Gasteiger partial charge on any atom is -0.497 e. The lowest BCUT2D eigenvalue weighted by Crippen LogP contribution is -2.44. The van der Waals surface area contributed by atoms with Crippen LogP contribution in [-0.2, 0) is 14.8 Å². The van der Waals surface area contributed by atoms with Crippen molar-refractivity contribution in [2.75, 3.05) is 18.0 Å². The Morgan fingerprint density at radius 2 is 1.70 bits per heavy atom. The zero-order valence-corrected chi connectivity index (χ0v) is 17.8. The van der Waals surface area contributed by atoms with Gasteiger partial charge in [0.15, 0.2) is 0 Å². The van der Waals surface area contributed by atoms with Gasteiger partial charge in [-0.1, -0.05) is 37.8 Å². The Bertz CT molecular complexity index is 955. The molecule has 1 N–H and O–H groups in total. The molecule has 0 saturated heterocycles. The molecule has 2 aromatic carbocycles. The maximum absolute atomic E-state index is 14.5. The highest BCUT2D eigenvalue weighted by Crippen LogP contribution is 2.27. The summed E-state index contributed by atoms with van der Waals surface area (Å²) < 4.78 is 47.0. The molecule has 2 aromatic rings. The Hall–Kier alpha value is -2.61. The van der Waals surface area contributed by atoms with E-state index in [1.807, 2.05) is 0 Å². The third kappa shape index (κ3) is 5.30. The van der Waals surface area contributed by atoms with E-state index in [2.05, 4.69) is 5.32 Å². The smallest absolute Gasteiger partial charge is 0.264 e. The number of sulfonamides is 1. The maximum Gasteiger partial charge on any atom is 0.264 e. The molecule has 30 heavy (non-hydrogen) atoms. The first kappa shape index (κ1) is 22.1. The van der Waals surface area contributed by atoms with Gasteiger partial charge < -0.3 is 10.1 Å². The molecule has 0 atom stereocenters. The number of ether oxygens (including phenoxy) is 1. The van der Waals surface area contributed by atoms with Gasteiger partial charge in [-0.2, -0.15) is 0 Å². The average molecular weight is 435 g/mol. The second kappa shape index (κ2) is 9.93. The Morgan fingerprint density at radius 1 is 1.07 bits per heavy atom. The van der Waals surface area contributed by atoms with Crippen LogP contribution in [0.1, 0.15) is 38.5 Å². The third-order valence-corrected chi connectivity index (χ3v) is 7.05. The largest absolute Gasteiger partial charge is 0.497 e. The van der Waals surface area contributed by atoms with E-state index in [0.717, 1.165) is 42.8 Å². The summed E-state index contributed by atoms with van der Waals surface area (Å²) in [6.45, 7) is -0.494. The van der Waals surface area contributed by atoms with Gasteiger partial charge in [0.1, 0.15) is 18.1 Å². The summed E-state index contributed by atoms with van der Waals surface area (Å²) in [5, 5.41) is 2.93. The van der Waals surface area contributed by atoms with Crippen molar-refractivity contribution >= 4 is 21.6 Å². The molecule has 0 heterocycles. The van der Waals surface area contributed by atoms with E-state index in [1.165, 1.54) is 55.6 Å². The first-order valence-electron chi connectivity index (χ1n) is 10.1. The second-order valence-electron chi connectivity index (χ2n) is 7.39. The molecule has 1 fully saturated rings. The van der Waals surface area contributed by atoms with Crippen LogP contribution in [0.2, 0.25) is 0 Å². The number of halogens is 1. The van der Waals surface area contributed by atoms with Crippen LogP contribution < -0.4 is 14.4 Å². The van der Waals surface area contributed by atoms with Crippen LogP contribution in [-0.4, -0.2) is 34.0 Å². The fraction of sp³-hybridized carbons (Fsp3) is 0.409. The number of rotatable bonds is 7. The molecule has 1 amide bonds. The van der Waals surface area contributed by atoms with Crippen LogP contribution in [0.5, 0.6) is 5.75 Å². The van der Waals surface area contributed by atoms with Gasteiger partial charge in [0, 0.05) is 6.04 Å². The van der Waals surface area contributed by atoms with Crippen LogP contribution in [0.4, 0.5) is 10.1 Å². The normalized spacial score (nSPS) is 15.3. The number of nitrogens with zero attached hydrogens (tertiary/aromatic N) is 1. The van der Waals surface area contributed by atoms with Gasteiger partial charge >= 0.3 is 0 Å². The van der Waals surface area contributed by atoms with Crippen molar-refractivity contribution in [2.45, 2.75) is 49.5 Å². The Kier molecular flexibility index (Phi) is 7.31. The molecule has 3 rings (SSSR count).